The maximum absolute atomic E-state index is 12.1. The molecule has 7 heteroatoms. The molecule has 1 heterocycles. The number of nitrogens with zero attached hydrogens (tertiary/aromatic N) is 1. The number of amides is 1. The van der Waals surface area contributed by atoms with Gasteiger partial charge in [0.05, 0.1) is 13.2 Å². The van der Waals surface area contributed by atoms with Crippen LogP contribution < -0.4 is 4.74 Å². The number of esters is 1. The summed E-state index contributed by atoms with van der Waals surface area (Å²) in [6, 6.07) is 3.71. The van der Waals surface area contributed by atoms with Gasteiger partial charge in [0, 0.05) is 38.4 Å². The molecule has 1 saturated heterocycles. The number of carbonyl (C=O) groups is 2. The minimum atomic E-state index is -0.690. The molecule has 3 rings (SSSR count). The molecule has 2 aliphatic rings. The number of rotatable bonds is 10. The first-order valence-electron chi connectivity index (χ1n) is 12.3. The Morgan fingerprint density at radius 2 is 2.12 bits per heavy atom. The van der Waals surface area contributed by atoms with Gasteiger partial charge in [-0.1, -0.05) is 25.8 Å². The lowest BCUT2D eigenvalue weighted by molar-refractivity contribution is -0.168. The van der Waals surface area contributed by atoms with Crippen LogP contribution in [0, 0.1) is 5.92 Å². The highest BCUT2D eigenvalue weighted by Gasteiger charge is 2.42. The van der Waals surface area contributed by atoms with Crippen LogP contribution >= 0.6 is 0 Å². The van der Waals surface area contributed by atoms with E-state index < -0.39 is 11.7 Å². The van der Waals surface area contributed by atoms with Gasteiger partial charge in [-0.05, 0) is 56.1 Å². The van der Waals surface area contributed by atoms with E-state index in [4.69, 9.17) is 9.47 Å². The number of likely N-dealkylation sites (tertiary alicyclic amines) is 1. The van der Waals surface area contributed by atoms with Gasteiger partial charge in [0.1, 0.15) is 5.60 Å². The molecule has 1 aromatic rings. The predicted octanol–water partition coefficient (Wildman–Crippen LogP) is 4.11. The lowest BCUT2D eigenvalue weighted by atomic mass is 9.72. The van der Waals surface area contributed by atoms with Crippen LogP contribution in [-0.4, -0.2) is 52.3 Å². The number of hydrogen-bond donors (Lipinski definition) is 2. The molecule has 7 nitrogen and oxygen atoms in total. The van der Waals surface area contributed by atoms with Crippen molar-refractivity contribution in [1.29, 1.82) is 0 Å². The molecule has 1 aliphatic carbocycles. The zero-order valence-corrected chi connectivity index (χ0v) is 20.3. The van der Waals surface area contributed by atoms with Crippen LogP contribution in [0.3, 0.4) is 0 Å². The number of phenolic OH excluding ortho intramolecular Hbond substituents is 1. The standard InChI is InChI=1S/C26H39NO6/c1-4-5-7-20-10-12-26(16-22(20)29,33-18(2)28)11-9-19-14-21(25(31)23(15-19)32-3)17-27-13-6-8-24(27)30/h14-15,20,22,29,31H,4-13,16-17H2,1-3H3/t20-,22+,26-/m0/s1. The van der Waals surface area contributed by atoms with Crippen LogP contribution in [0.25, 0.3) is 0 Å². The highest BCUT2D eigenvalue weighted by Crippen LogP contribution is 2.41. The van der Waals surface area contributed by atoms with E-state index in [2.05, 4.69) is 6.92 Å². The first-order valence-corrected chi connectivity index (χ1v) is 12.3. The van der Waals surface area contributed by atoms with Gasteiger partial charge < -0.3 is 24.6 Å². The van der Waals surface area contributed by atoms with E-state index in [9.17, 15) is 19.8 Å². The topological polar surface area (TPSA) is 96.3 Å². The minimum absolute atomic E-state index is 0.0579. The summed E-state index contributed by atoms with van der Waals surface area (Å²) >= 11 is 0. The molecular formula is C26H39NO6. The molecule has 184 valence electrons. The third kappa shape index (κ3) is 6.40. The predicted molar refractivity (Wildman–Crippen MR) is 125 cm³/mol. The van der Waals surface area contributed by atoms with Gasteiger partial charge in [-0.25, -0.2) is 0 Å². The Morgan fingerprint density at radius 3 is 2.73 bits per heavy atom. The fraction of sp³-hybridized carbons (Fsp3) is 0.692. The number of aromatic hydroxyl groups is 1. The van der Waals surface area contributed by atoms with E-state index in [-0.39, 0.29) is 23.5 Å². The highest BCUT2D eigenvalue weighted by molar-refractivity contribution is 5.78. The zero-order valence-electron chi connectivity index (χ0n) is 20.3. The van der Waals surface area contributed by atoms with Gasteiger partial charge >= 0.3 is 5.97 Å². The highest BCUT2D eigenvalue weighted by atomic mass is 16.6. The van der Waals surface area contributed by atoms with Gasteiger partial charge in [0.25, 0.3) is 0 Å². The lowest BCUT2D eigenvalue weighted by Crippen LogP contribution is -2.45. The first kappa shape index (κ1) is 25.3. The average molecular weight is 462 g/mol. The summed E-state index contributed by atoms with van der Waals surface area (Å²) in [5, 5.41) is 21.4. The van der Waals surface area contributed by atoms with Crippen molar-refractivity contribution < 1.29 is 29.3 Å². The third-order valence-electron chi connectivity index (χ3n) is 7.22. The number of aliphatic hydroxyl groups is 1. The van der Waals surface area contributed by atoms with Crippen molar-refractivity contribution in [1.82, 2.24) is 4.90 Å². The molecule has 1 saturated carbocycles. The van der Waals surface area contributed by atoms with Crippen LogP contribution in [0.4, 0.5) is 0 Å². The molecule has 0 unspecified atom stereocenters. The van der Waals surface area contributed by atoms with Gasteiger partial charge in [-0.2, -0.15) is 0 Å². The molecule has 3 atom stereocenters. The van der Waals surface area contributed by atoms with Crippen LogP contribution in [0.1, 0.15) is 82.8 Å². The smallest absolute Gasteiger partial charge is 0.303 e. The molecule has 33 heavy (non-hydrogen) atoms. The van der Waals surface area contributed by atoms with E-state index >= 15 is 0 Å². The molecular weight excluding hydrogens is 422 g/mol. The van der Waals surface area contributed by atoms with Crippen LogP contribution in [0.2, 0.25) is 0 Å². The van der Waals surface area contributed by atoms with Gasteiger partial charge in [0.15, 0.2) is 11.5 Å². The number of carbonyl (C=O) groups excluding carboxylic acids is 2. The van der Waals surface area contributed by atoms with Gasteiger partial charge in [-0.3, -0.25) is 9.59 Å². The monoisotopic (exact) mass is 461 g/mol. The van der Waals surface area contributed by atoms with Crippen molar-refractivity contribution in [3.8, 4) is 11.5 Å². The Morgan fingerprint density at radius 1 is 1.33 bits per heavy atom. The summed E-state index contributed by atoms with van der Waals surface area (Å²) in [6.45, 7) is 4.61. The number of benzene rings is 1. The molecule has 0 bridgehead atoms. The van der Waals surface area contributed by atoms with E-state index in [0.29, 0.717) is 50.1 Å². The fourth-order valence-electron chi connectivity index (χ4n) is 5.37. The number of methoxy groups -OCH3 is 1. The largest absolute Gasteiger partial charge is 0.504 e. The number of aryl methyl sites for hydroxylation is 1. The number of hydrogen-bond acceptors (Lipinski definition) is 6. The molecule has 2 N–H and O–H groups in total. The summed E-state index contributed by atoms with van der Waals surface area (Å²) in [5.41, 5.74) is 0.911. The van der Waals surface area contributed by atoms with Crippen molar-refractivity contribution in [3.05, 3.63) is 23.3 Å². The number of ether oxygens (including phenoxy) is 2. The summed E-state index contributed by atoms with van der Waals surface area (Å²) in [4.78, 5) is 25.7. The van der Waals surface area contributed by atoms with Crippen molar-refractivity contribution in [2.45, 2.75) is 96.3 Å². The fourth-order valence-corrected chi connectivity index (χ4v) is 5.37. The summed E-state index contributed by atoms with van der Waals surface area (Å²) in [7, 11) is 1.51. The summed E-state index contributed by atoms with van der Waals surface area (Å²) in [6.07, 6.45) is 7.33. The molecule has 0 aromatic heterocycles. The van der Waals surface area contributed by atoms with E-state index in [1.54, 1.807) is 11.0 Å². The van der Waals surface area contributed by atoms with Crippen LogP contribution in [0.15, 0.2) is 12.1 Å². The average Bonchev–Trinajstić information content (AvgIpc) is 3.17. The van der Waals surface area contributed by atoms with Crippen LogP contribution in [-0.2, 0) is 27.3 Å². The number of phenols is 1. The second kappa shape index (κ2) is 11.2. The van der Waals surface area contributed by atoms with Crippen molar-refractivity contribution in [2.24, 2.45) is 5.92 Å². The van der Waals surface area contributed by atoms with Crippen molar-refractivity contribution in [2.75, 3.05) is 13.7 Å². The van der Waals surface area contributed by atoms with E-state index in [1.165, 1.54) is 14.0 Å². The number of aliphatic hydroxyl groups excluding tert-OH is 1. The van der Waals surface area contributed by atoms with E-state index in [1.807, 2.05) is 6.07 Å². The maximum Gasteiger partial charge on any atom is 0.303 e. The van der Waals surface area contributed by atoms with E-state index in [0.717, 1.165) is 44.1 Å². The van der Waals surface area contributed by atoms with Crippen LogP contribution in [0.5, 0.6) is 11.5 Å². The first-order chi connectivity index (χ1) is 15.8. The third-order valence-corrected chi connectivity index (χ3v) is 7.22. The normalized spacial score (nSPS) is 25.3. The summed E-state index contributed by atoms with van der Waals surface area (Å²) < 4.78 is 11.2. The quantitative estimate of drug-likeness (QED) is 0.509. The zero-order chi connectivity index (χ0) is 24.0. The molecule has 1 aromatic carbocycles. The molecule has 1 amide bonds. The Labute approximate surface area is 197 Å². The number of unbranched alkanes of at least 4 members (excludes halogenated alkanes) is 1. The second-order valence-corrected chi connectivity index (χ2v) is 9.71. The van der Waals surface area contributed by atoms with Gasteiger partial charge in [0.2, 0.25) is 5.91 Å². The van der Waals surface area contributed by atoms with Crippen molar-refractivity contribution in [3.63, 3.8) is 0 Å². The summed E-state index contributed by atoms with van der Waals surface area (Å²) in [5.74, 6) is 0.459. The Bertz CT molecular complexity index is 840. The minimum Gasteiger partial charge on any atom is -0.504 e. The Balaban J connectivity index is 1.75. The second-order valence-electron chi connectivity index (χ2n) is 9.71. The molecule has 2 fully saturated rings. The Hall–Kier alpha value is -2.28. The SMILES string of the molecule is CCCC[C@H]1CC[C@](CCc2cc(CN3CCCC3=O)c(O)c(OC)c2)(OC(C)=O)C[C@H]1O. The Kier molecular flexibility index (Phi) is 8.63. The van der Waals surface area contributed by atoms with Gasteiger partial charge in [-0.15, -0.1) is 0 Å². The lowest BCUT2D eigenvalue weighted by Gasteiger charge is -2.42. The molecule has 1 aliphatic heterocycles. The maximum atomic E-state index is 12.1. The van der Waals surface area contributed by atoms with Crippen molar-refractivity contribution >= 4 is 11.9 Å². The molecule has 0 radical (unpaired) electrons. The molecule has 0 spiro atoms.